The van der Waals surface area contributed by atoms with Crippen LogP contribution in [-0.2, 0) is 6.54 Å². The van der Waals surface area contributed by atoms with Gasteiger partial charge in [0.1, 0.15) is 4.88 Å². The minimum absolute atomic E-state index is 0.148. The molecule has 0 saturated heterocycles. The Morgan fingerprint density at radius 1 is 1.48 bits per heavy atom. The van der Waals surface area contributed by atoms with Crippen LogP contribution in [0.25, 0.3) is 11.1 Å². The zero-order chi connectivity index (χ0) is 14.7. The highest BCUT2D eigenvalue weighted by Gasteiger charge is 2.12. The minimum Gasteiger partial charge on any atom is -0.472 e. The molecule has 0 atom stereocenters. The number of aryl methyl sites for hydroxylation is 1. The molecule has 0 aliphatic rings. The van der Waals surface area contributed by atoms with E-state index in [-0.39, 0.29) is 5.91 Å². The molecule has 0 unspecified atom stereocenters. The molecule has 0 aliphatic heterocycles. The van der Waals surface area contributed by atoms with Gasteiger partial charge in [-0.25, -0.2) is 0 Å². The van der Waals surface area contributed by atoms with Crippen molar-refractivity contribution in [1.82, 2.24) is 24.7 Å². The average Bonchev–Trinajstić information content (AvgIpc) is 3.19. The Labute approximate surface area is 124 Å². The summed E-state index contributed by atoms with van der Waals surface area (Å²) >= 11 is 1.10. The van der Waals surface area contributed by atoms with Crippen LogP contribution in [0.15, 0.2) is 35.4 Å². The summed E-state index contributed by atoms with van der Waals surface area (Å²) < 4.78 is 10.6. The van der Waals surface area contributed by atoms with Gasteiger partial charge in [0.15, 0.2) is 0 Å². The van der Waals surface area contributed by atoms with Crippen molar-refractivity contribution >= 4 is 17.4 Å². The zero-order valence-corrected chi connectivity index (χ0v) is 12.1. The number of aromatic nitrogens is 4. The van der Waals surface area contributed by atoms with Crippen molar-refractivity contribution < 1.29 is 9.21 Å². The van der Waals surface area contributed by atoms with Gasteiger partial charge in [0, 0.05) is 23.9 Å². The molecule has 0 fully saturated rings. The second-order valence-electron chi connectivity index (χ2n) is 4.45. The number of carbonyl (C=O) groups is 1. The van der Waals surface area contributed by atoms with Gasteiger partial charge in [0.25, 0.3) is 5.91 Å². The maximum absolute atomic E-state index is 11.9. The molecule has 3 aromatic rings. The van der Waals surface area contributed by atoms with E-state index in [9.17, 15) is 4.79 Å². The smallest absolute Gasteiger partial charge is 0.265 e. The van der Waals surface area contributed by atoms with Gasteiger partial charge in [-0.2, -0.15) is 5.10 Å². The topological polar surface area (TPSA) is 85.8 Å². The highest BCUT2D eigenvalue weighted by molar-refractivity contribution is 7.07. The molecule has 0 saturated carbocycles. The van der Waals surface area contributed by atoms with Crippen LogP contribution in [0.1, 0.15) is 15.4 Å². The van der Waals surface area contributed by atoms with Gasteiger partial charge >= 0.3 is 0 Å². The Morgan fingerprint density at radius 3 is 3.10 bits per heavy atom. The molecule has 7 nitrogen and oxygen atoms in total. The van der Waals surface area contributed by atoms with E-state index in [2.05, 4.69) is 20.0 Å². The van der Waals surface area contributed by atoms with E-state index in [0.717, 1.165) is 22.7 Å². The monoisotopic (exact) mass is 303 g/mol. The van der Waals surface area contributed by atoms with E-state index in [1.807, 2.05) is 12.3 Å². The fourth-order valence-corrected chi connectivity index (χ4v) is 2.44. The van der Waals surface area contributed by atoms with Crippen molar-refractivity contribution in [2.75, 3.05) is 6.54 Å². The van der Waals surface area contributed by atoms with Gasteiger partial charge in [-0.1, -0.05) is 4.49 Å². The van der Waals surface area contributed by atoms with Gasteiger partial charge in [-0.15, -0.1) is 5.10 Å². The van der Waals surface area contributed by atoms with Gasteiger partial charge in [-0.05, 0) is 24.5 Å². The van der Waals surface area contributed by atoms with Crippen LogP contribution in [0.5, 0.6) is 0 Å². The maximum atomic E-state index is 11.9. The predicted octanol–water partition coefficient (Wildman–Crippen LogP) is 1.73. The summed E-state index contributed by atoms with van der Waals surface area (Å²) in [4.78, 5) is 12.4. The molecule has 0 aromatic carbocycles. The molecule has 0 aliphatic carbocycles. The average molecular weight is 303 g/mol. The molecule has 3 rings (SSSR count). The zero-order valence-electron chi connectivity index (χ0n) is 11.3. The molecular weight excluding hydrogens is 290 g/mol. The van der Waals surface area contributed by atoms with Gasteiger partial charge in [-0.3, -0.25) is 9.48 Å². The molecule has 21 heavy (non-hydrogen) atoms. The molecule has 1 amide bonds. The lowest BCUT2D eigenvalue weighted by molar-refractivity contribution is 0.0955. The van der Waals surface area contributed by atoms with Gasteiger partial charge in [0.2, 0.25) is 0 Å². The molecule has 3 heterocycles. The number of nitrogens with zero attached hydrogens (tertiary/aromatic N) is 4. The predicted molar refractivity (Wildman–Crippen MR) is 76.9 cm³/mol. The summed E-state index contributed by atoms with van der Waals surface area (Å²) in [7, 11) is 0. The minimum atomic E-state index is -0.148. The second kappa shape index (κ2) is 5.88. The number of hydrogen-bond donors (Lipinski definition) is 1. The number of carbonyl (C=O) groups excluding carboxylic acids is 1. The summed E-state index contributed by atoms with van der Waals surface area (Å²) in [5, 5.41) is 10.9. The molecule has 1 N–H and O–H groups in total. The number of nitrogens with one attached hydrogen (secondary N) is 1. The Bertz CT molecular complexity index is 731. The fourth-order valence-electron chi connectivity index (χ4n) is 1.87. The first-order chi connectivity index (χ1) is 10.2. The van der Waals surface area contributed by atoms with Crippen LogP contribution in [0, 0.1) is 6.92 Å². The number of rotatable bonds is 5. The third kappa shape index (κ3) is 3.00. The summed E-state index contributed by atoms with van der Waals surface area (Å²) in [5.74, 6) is -0.148. The van der Waals surface area contributed by atoms with Crippen LogP contribution in [-0.4, -0.2) is 31.8 Å². The van der Waals surface area contributed by atoms with E-state index >= 15 is 0 Å². The molecule has 3 aromatic heterocycles. The quantitative estimate of drug-likeness (QED) is 0.776. The van der Waals surface area contributed by atoms with Crippen molar-refractivity contribution in [3.8, 4) is 11.1 Å². The molecule has 108 valence electrons. The van der Waals surface area contributed by atoms with Crippen molar-refractivity contribution in [2.24, 2.45) is 0 Å². The van der Waals surface area contributed by atoms with E-state index in [0.29, 0.717) is 23.7 Å². The van der Waals surface area contributed by atoms with Crippen molar-refractivity contribution in [2.45, 2.75) is 13.5 Å². The van der Waals surface area contributed by atoms with Crippen molar-refractivity contribution in [3.63, 3.8) is 0 Å². The van der Waals surface area contributed by atoms with Crippen molar-refractivity contribution in [3.05, 3.63) is 41.6 Å². The maximum Gasteiger partial charge on any atom is 0.265 e. The fraction of sp³-hybridized carbons (Fsp3) is 0.231. The van der Waals surface area contributed by atoms with E-state index in [4.69, 9.17) is 4.42 Å². The Morgan fingerprint density at radius 2 is 2.38 bits per heavy atom. The lowest BCUT2D eigenvalue weighted by Gasteiger charge is -2.03. The number of furan rings is 1. The third-order valence-electron chi connectivity index (χ3n) is 2.97. The van der Waals surface area contributed by atoms with Gasteiger partial charge in [0.05, 0.1) is 31.0 Å². The molecular formula is C13H13N5O2S. The highest BCUT2D eigenvalue weighted by Crippen LogP contribution is 2.18. The SMILES string of the molecule is Cc1nnsc1C(=O)NCCn1cc(-c2ccoc2)cn1. The van der Waals surface area contributed by atoms with Crippen LogP contribution in [0.4, 0.5) is 0 Å². The lowest BCUT2D eigenvalue weighted by atomic mass is 10.2. The van der Waals surface area contributed by atoms with E-state index < -0.39 is 0 Å². The first kappa shape index (κ1) is 13.5. The summed E-state index contributed by atoms with van der Waals surface area (Å²) in [6.45, 7) is 2.85. The largest absolute Gasteiger partial charge is 0.472 e. The van der Waals surface area contributed by atoms with Crippen LogP contribution >= 0.6 is 11.5 Å². The van der Waals surface area contributed by atoms with Gasteiger partial charge < -0.3 is 9.73 Å². The standard InChI is InChI=1S/C13H13N5O2S/c1-9-12(21-17-16-9)13(19)14-3-4-18-7-11(6-15-18)10-2-5-20-8-10/h2,5-8H,3-4H2,1H3,(H,14,19). The van der Waals surface area contributed by atoms with E-state index in [1.54, 1.807) is 30.3 Å². The van der Waals surface area contributed by atoms with Crippen molar-refractivity contribution in [1.29, 1.82) is 0 Å². The Balaban J connectivity index is 1.54. The number of hydrogen-bond acceptors (Lipinski definition) is 6. The Hall–Kier alpha value is -2.48. The highest BCUT2D eigenvalue weighted by atomic mass is 32.1. The first-order valence-electron chi connectivity index (χ1n) is 6.36. The molecule has 8 heteroatoms. The van der Waals surface area contributed by atoms with Crippen LogP contribution < -0.4 is 5.32 Å². The Kier molecular flexibility index (Phi) is 3.78. The first-order valence-corrected chi connectivity index (χ1v) is 7.13. The third-order valence-corrected chi connectivity index (χ3v) is 3.80. The lowest BCUT2D eigenvalue weighted by Crippen LogP contribution is -2.27. The normalized spacial score (nSPS) is 10.7. The summed E-state index contributed by atoms with van der Waals surface area (Å²) in [6, 6.07) is 1.88. The molecule has 0 radical (unpaired) electrons. The summed E-state index contributed by atoms with van der Waals surface area (Å²) in [6.07, 6.45) is 6.97. The van der Waals surface area contributed by atoms with Crippen LogP contribution in [0.3, 0.4) is 0 Å². The second-order valence-corrected chi connectivity index (χ2v) is 5.20. The van der Waals surface area contributed by atoms with E-state index in [1.165, 1.54) is 0 Å². The van der Waals surface area contributed by atoms with Crippen LogP contribution in [0.2, 0.25) is 0 Å². The molecule has 0 spiro atoms. The summed E-state index contributed by atoms with van der Waals surface area (Å²) in [5.41, 5.74) is 2.62. The number of amides is 1. The molecule has 0 bridgehead atoms.